The SMILES string of the molecule is Cc1ccc(S(=O)(=O)N(C)[C@@H]2[C@H]3C=C[C@H](C3)[C@@]23CO3)cc1. The van der Waals surface area contributed by atoms with Gasteiger partial charge < -0.3 is 4.74 Å². The van der Waals surface area contributed by atoms with E-state index < -0.39 is 10.0 Å². The molecule has 4 atom stereocenters. The standard InChI is InChI=1S/C16H19NO3S/c1-11-3-7-14(8-4-11)21(18,19)17(2)15-12-5-6-13(9-12)16(15)10-20-16/h3-8,12-13,15H,9-10H2,1-2H3/t12-,13+,15+,16-/m0/s1. The third-order valence-corrected chi connectivity index (χ3v) is 7.07. The molecule has 0 N–H and O–H groups in total. The Kier molecular flexibility index (Phi) is 2.69. The zero-order valence-corrected chi connectivity index (χ0v) is 13.0. The Hall–Kier alpha value is -1.17. The lowest BCUT2D eigenvalue weighted by Gasteiger charge is -2.33. The van der Waals surface area contributed by atoms with Gasteiger partial charge in [0.1, 0.15) is 5.60 Å². The van der Waals surface area contributed by atoms with Crippen molar-refractivity contribution in [2.24, 2.45) is 11.8 Å². The maximum absolute atomic E-state index is 12.9. The van der Waals surface area contributed by atoms with Crippen LogP contribution in [0, 0.1) is 18.8 Å². The van der Waals surface area contributed by atoms with Gasteiger partial charge >= 0.3 is 0 Å². The second-order valence-electron chi connectivity index (χ2n) is 6.41. The number of fused-ring (bicyclic) bond motifs is 3. The maximum Gasteiger partial charge on any atom is 0.243 e. The molecular formula is C16H19NO3S. The summed E-state index contributed by atoms with van der Waals surface area (Å²) in [5.41, 5.74) is 0.799. The summed E-state index contributed by atoms with van der Waals surface area (Å²) in [6.45, 7) is 2.63. The summed E-state index contributed by atoms with van der Waals surface area (Å²) < 4.78 is 33.0. The monoisotopic (exact) mass is 305 g/mol. The van der Waals surface area contributed by atoms with E-state index in [9.17, 15) is 8.42 Å². The van der Waals surface area contributed by atoms with Crippen molar-refractivity contribution >= 4 is 10.0 Å². The molecule has 2 bridgehead atoms. The molecule has 0 unspecified atom stereocenters. The molecule has 1 saturated heterocycles. The average Bonchev–Trinajstić information content (AvgIpc) is 2.97. The van der Waals surface area contributed by atoms with Gasteiger partial charge in [-0.1, -0.05) is 29.8 Å². The number of hydrogen-bond acceptors (Lipinski definition) is 3. The molecule has 4 nitrogen and oxygen atoms in total. The van der Waals surface area contributed by atoms with E-state index in [-0.39, 0.29) is 17.6 Å². The van der Waals surface area contributed by atoms with Crippen LogP contribution >= 0.6 is 0 Å². The van der Waals surface area contributed by atoms with E-state index in [2.05, 4.69) is 12.2 Å². The first-order valence-electron chi connectivity index (χ1n) is 7.32. The highest BCUT2D eigenvalue weighted by molar-refractivity contribution is 7.89. The Morgan fingerprint density at radius 3 is 2.52 bits per heavy atom. The van der Waals surface area contributed by atoms with Gasteiger partial charge in [0.15, 0.2) is 0 Å². The molecule has 4 rings (SSSR count). The minimum absolute atomic E-state index is 0.0706. The molecule has 1 heterocycles. The molecule has 2 fully saturated rings. The highest BCUT2D eigenvalue weighted by Gasteiger charge is 2.67. The zero-order chi connectivity index (χ0) is 14.8. The van der Waals surface area contributed by atoms with E-state index in [4.69, 9.17) is 4.74 Å². The van der Waals surface area contributed by atoms with Crippen LogP contribution in [0.25, 0.3) is 0 Å². The summed E-state index contributed by atoms with van der Waals surface area (Å²) in [6, 6.07) is 6.98. The zero-order valence-electron chi connectivity index (χ0n) is 12.2. The molecule has 5 heteroatoms. The first kappa shape index (κ1) is 13.5. The number of epoxide rings is 1. The fourth-order valence-electron chi connectivity index (χ4n) is 3.98. The van der Waals surface area contributed by atoms with Crippen LogP contribution < -0.4 is 0 Å². The first-order chi connectivity index (χ1) is 9.95. The Labute approximate surface area is 125 Å². The number of sulfonamides is 1. The van der Waals surface area contributed by atoms with E-state index in [0.29, 0.717) is 17.4 Å². The number of rotatable bonds is 3. The van der Waals surface area contributed by atoms with Crippen LogP contribution in [0.4, 0.5) is 0 Å². The van der Waals surface area contributed by atoms with Gasteiger partial charge in [0, 0.05) is 13.0 Å². The third kappa shape index (κ3) is 1.77. The third-order valence-electron chi connectivity index (χ3n) is 5.22. The second kappa shape index (κ2) is 4.18. The van der Waals surface area contributed by atoms with Crippen LogP contribution in [0.5, 0.6) is 0 Å². The van der Waals surface area contributed by atoms with Gasteiger partial charge in [-0.05, 0) is 31.4 Å². The van der Waals surface area contributed by atoms with Gasteiger partial charge in [0.05, 0.1) is 17.5 Å². The number of aryl methyl sites for hydroxylation is 1. The van der Waals surface area contributed by atoms with Crippen molar-refractivity contribution < 1.29 is 13.2 Å². The van der Waals surface area contributed by atoms with E-state index in [1.54, 1.807) is 23.5 Å². The molecule has 21 heavy (non-hydrogen) atoms. The van der Waals surface area contributed by atoms with Crippen molar-refractivity contribution in [3.05, 3.63) is 42.0 Å². The lowest BCUT2D eigenvalue weighted by Crippen LogP contribution is -2.49. The lowest BCUT2D eigenvalue weighted by atomic mass is 9.89. The van der Waals surface area contributed by atoms with Gasteiger partial charge in [-0.2, -0.15) is 4.31 Å². The van der Waals surface area contributed by atoms with Crippen LogP contribution in [0.1, 0.15) is 12.0 Å². The van der Waals surface area contributed by atoms with Gasteiger partial charge in [-0.25, -0.2) is 8.42 Å². The minimum Gasteiger partial charge on any atom is -0.367 e. The summed E-state index contributed by atoms with van der Waals surface area (Å²) in [7, 11) is -1.78. The fraction of sp³-hybridized carbons (Fsp3) is 0.500. The largest absolute Gasteiger partial charge is 0.367 e. The molecule has 0 amide bonds. The molecule has 1 spiro atoms. The van der Waals surface area contributed by atoms with Crippen molar-refractivity contribution in [1.29, 1.82) is 0 Å². The molecule has 112 valence electrons. The molecule has 1 aliphatic heterocycles. The Balaban J connectivity index is 1.70. The van der Waals surface area contributed by atoms with Crippen LogP contribution in [0.3, 0.4) is 0 Å². The van der Waals surface area contributed by atoms with E-state index in [1.165, 1.54) is 0 Å². The van der Waals surface area contributed by atoms with Crippen molar-refractivity contribution in [1.82, 2.24) is 4.31 Å². The molecule has 1 aromatic carbocycles. The van der Waals surface area contributed by atoms with Crippen LogP contribution in [0.2, 0.25) is 0 Å². The quantitative estimate of drug-likeness (QED) is 0.633. The molecule has 2 aliphatic carbocycles. The fourth-order valence-corrected chi connectivity index (χ4v) is 5.42. The Morgan fingerprint density at radius 2 is 1.90 bits per heavy atom. The topological polar surface area (TPSA) is 49.9 Å². The highest BCUT2D eigenvalue weighted by atomic mass is 32.2. The summed E-state index contributed by atoms with van der Waals surface area (Å²) in [5, 5.41) is 0. The second-order valence-corrected chi connectivity index (χ2v) is 8.41. The molecule has 0 aromatic heterocycles. The molecule has 3 aliphatic rings. The molecule has 1 aromatic rings. The van der Waals surface area contributed by atoms with Gasteiger partial charge in [0.25, 0.3) is 0 Å². The smallest absolute Gasteiger partial charge is 0.243 e. The first-order valence-corrected chi connectivity index (χ1v) is 8.76. The number of benzene rings is 1. The molecule has 1 saturated carbocycles. The van der Waals surface area contributed by atoms with Gasteiger partial charge in [-0.15, -0.1) is 0 Å². The van der Waals surface area contributed by atoms with Gasteiger partial charge in [-0.3, -0.25) is 0 Å². The van der Waals surface area contributed by atoms with Crippen molar-refractivity contribution in [2.45, 2.75) is 29.9 Å². The summed E-state index contributed by atoms with van der Waals surface area (Å²) in [6.07, 6.45) is 5.36. The Morgan fingerprint density at radius 1 is 1.24 bits per heavy atom. The van der Waals surface area contributed by atoms with Crippen molar-refractivity contribution in [3.63, 3.8) is 0 Å². The summed E-state index contributed by atoms with van der Waals surface area (Å²) >= 11 is 0. The number of hydrogen-bond donors (Lipinski definition) is 0. The van der Waals surface area contributed by atoms with E-state index >= 15 is 0 Å². The van der Waals surface area contributed by atoms with E-state index in [0.717, 1.165) is 12.0 Å². The lowest BCUT2D eigenvalue weighted by molar-refractivity contribution is 0.177. The predicted molar refractivity (Wildman–Crippen MR) is 79.3 cm³/mol. The highest BCUT2D eigenvalue weighted by Crippen LogP contribution is 2.57. The van der Waals surface area contributed by atoms with Gasteiger partial charge in [0.2, 0.25) is 10.0 Å². The summed E-state index contributed by atoms with van der Waals surface area (Å²) in [4.78, 5) is 0.359. The maximum atomic E-state index is 12.9. The van der Waals surface area contributed by atoms with E-state index in [1.807, 2.05) is 19.1 Å². The predicted octanol–water partition coefficient (Wildman–Crippen LogP) is 1.96. The van der Waals surface area contributed by atoms with Crippen LogP contribution in [-0.2, 0) is 14.8 Å². The number of ether oxygens (including phenoxy) is 1. The molecule has 0 radical (unpaired) electrons. The average molecular weight is 305 g/mol. The summed E-state index contributed by atoms with van der Waals surface area (Å²) in [5.74, 6) is 0.658. The van der Waals surface area contributed by atoms with Crippen LogP contribution in [0.15, 0.2) is 41.3 Å². The normalized spacial score (nSPS) is 36.8. The number of nitrogens with zero attached hydrogens (tertiary/aromatic N) is 1. The van der Waals surface area contributed by atoms with Crippen LogP contribution in [-0.4, -0.2) is 38.0 Å². The van der Waals surface area contributed by atoms with Crippen molar-refractivity contribution in [2.75, 3.05) is 13.7 Å². The number of likely N-dealkylation sites (N-methyl/N-ethyl adjacent to an activating group) is 1. The minimum atomic E-state index is -3.47. The van der Waals surface area contributed by atoms with Crippen molar-refractivity contribution in [3.8, 4) is 0 Å². The molecular weight excluding hydrogens is 286 g/mol. The Bertz CT molecular complexity index is 704.